The first kappa shape index (κ1) is 11.2. The second kappa shape index (κ2) is 4.97. The SMILES string of the molecule is Cc1ccc(C(C)C)cc1.[Na]. The van der Waals surface area contributed by atoms with E-state index in [1.54, 1.807) is 0 Å². The maximum atomic E-state index is 2.21. The van der Waals surface area contributed by atoms with Crippen LogP contribution in [0.3, 0.4) is 0 Å². The van der Waals surface area contributed by atoms with E-state index in [2.05, 4.69) is 45.0 Å². The van der Waals surface area contributed by atoms with Gasteiger partial charge in [-0.15, -0.1) is 0 Å². The first-order valence-corrected chi connectivity index (χ1v) is 3.76. The molecule has 1 aromatic carbocycles. The molecular formula is C10H14Na. The molecular weight excluding hydrogens is 143 g/mol. The average Bonchev–Trinajstić information content (AvgIpc) is 1.88. The fourth-order valence-electron chi connectivity index (χ4n) is 0.951. The summed E-state index contributed by atoms with van der Waals surface area (Å²) in [7, 11) is 0. The normalized spacial score (nSPS) is 9.45. The average molecular weight is 157 g/mol. The van der Waals surface area contributed by atoms with Gasteiger partial charge >= 0.3 is 0 Å². The molecule has 0 saturated carbocycles. The van der Waals surface area contributed by atoms with Gasteiger partial charge in [0.1, 0.15) is 0 Å². The molecule has 0 nitrogen and oxygen atoms in total. The Morgan fingerprint density at radius 2 is 1.45 bits per heavy atom. The Balaban J connectivity index is 0.000001000. The van der Waals surface area contributed by atoms with Gasteiger partial charge in [0.2, 0.25) is 0 Å². The molecule has 0 aliphatic rings. The van der Waals surface area contributed by atoms with Crippen LogP contribution in [0.2, 0.25) is 0 Å². The van der Waals surface area contributed by atoms with Crippen molar-refractivity contribution < 1.29 is 0 Å². The van der Waals surface area contributed by atoms with E-state index in [1.807, 2.05) is 0 Å². The quantitative estimate of drug-likeness (QED) is 0.550. The third kappa shape index (κ3) is 3.42. The Kier molecular flexibility index (Phi) is 5.07. The van der Waals surface area contributed by atoms with Crippen LogP contribution < -0.4 is 0 Å². The Morgan fingerprint density at radius 3 is 1.82 bits per heavy atom. The van der Waals surface area contributed by atoms with Gasteiger partial charge in [-0.1, -0.05) is 43.7 Å². The van der Waals surface area contributed by atoms with Crippen molar-refractivity contribution >= 4 is 29.6 Å². The van der Waals surface area contributed by atoms with Crippen LogP contribution in [-0.2, 0) is 0 Å². The van der Waals surface area contributed by atoms with Crippen LogP contribution in [0.1, 0.15) is 30.9 Å². The predicted octanol–water partition coefficient (Wildman–Crippen LogP) is 2.74. The molecule has 0 saturated heterocycles. The van der Waals surface area contributed by atoms with E-state index < -0.39 is 0 Å². The van der Waals surface area contributed by atoms with Crippen LogP contribution in [0, 0.1) is 6.92 Å². The van der Waals surface area contributed by atoms with Gasteiger partial charge in [-0.2, -0.15) is 0 Å². The fourth-order valence-corrected chi connectivity index (χ4v) is 0.951. The zero-order valence-electron chi connectivity index (χ0n) is 7.89. The van der Waals surface area contributed by atoms with Crippen LogP contribution in [0.25, 0.3) is 0 Å². The van der Waals surface area contributed by atoms with Gasteiger partial charge in [0.05, 0.1) is 0 Å². The van der Waals surface area contributed by atoms with E-state index in [0.29, 0.717) is 5.92 Å². The first-order valence-electron chi connectivity index (χ1n) is 3.76. The van der Waals surface area contributed by atoms with Gasteiger partial charge in [0.15, 0.2) is 0 Å². The molecule has 0 aliphatic heterocycles. The summed E-state index contributed by atoms with van der Waals surface area (Å²) in [5.74, 6) is 0.653. The van der Waals surface area contributed by atoms with Crippen LogP contribution >= 0.6 is 0 Å². The summed E-state index contributed by atoms with van der Waals surface area (Å²) >= 11 is 0. The first-order chi connectivity index (χ1) is 4.70. The number of rotatable bonds is 1. The van der Waals surface area contributed by atoms with E-state index in [-0.39, 0.29) is 29.6 Å². The number of aryl methyl sites for hydroxylation is 1. The molecule has 0 N–H and O–H groups in total. The second-order valence-corrected chi connectivity index (χ2v) is 3.07. The molecule has 0 fully saturated rings. The minimum atomic E-state index is 0. The summed E-state index contributed by atoms with van der Waals surface area (Å²) in [4.78, 5) is 0. The molecule has 1 rings (SSSR count). The molecule has 1 aromatic rings. The third-order valence-corrected chi connectivity index (χ3v) is 1.74. The number of hydrogen-bond acceptors (Lipinski definition) is 0. The smallest absolute Gasteiger partial charge is 0 e. The van der Waals surface area contributed by atoms with Crippen LogP contribution in [-0.4, -0.2) is 29.6 Å². The summed E-state index contributed by atoms with van der Waals surface area (Å²) in [5, 5.41) is 0. The molecule has 11 heavy (non-hydrogen) atoms. The molecule has 1 heteroatoms. The Bertz CT molecular complexity index is 199. The summed E-state index contributed by atoms with van der Waals surface area (Å²) in [6, 6.07) is 8.71. The second-order valence-electron chi connectivity index (χ2n) is 3.07. The molecule has 0 heterocycles. The van der Waals surface area contributed by atoms with Crippen LogP contribution in [0.5, 0.6) is 0 Å². The molecule has 55 valence electrons. The van der Waals surface area contributed by atoms with E-state index in [0.717, 1.165) is 0 Å². The molecule has 1 radical (unpaired) electrons. The van der Waals surface area contributed by atoms with Gasteiger partial charge < -0.3 is 0 Å². The maximum absolute atomic E-state index is 2.21. The van der Waals surface area contributed by atoms with Gasteiger partial charge in [0, 0.05) is 29.6 Å². The minimum Gasteiger partial charge on any atom is -0.0590 e. The third-order valence-electron chi connectivity index (χ3n) is 1.74. The van der Waals surface area contributed by atoms with Crippen molar-refractivity contribution in [3.05, 3.63) is 35.4 Å². The Morgan fingerprint density at radius 1 is 1.00 bits per heavy atom. The van der Waals surface area contributed by atoms with Gasteiger partial charge in [0.25, 0.3) is 0 Å². The predicted molar refractivity (Wildman–Crippen MR) is 51.0 cm³/mol. The van der Waals surface area contributed by atoms with Crippen molar-refractivity contribution in [2.45, 2.75) is 26.7 Å². The zero-order valence-corrected chi connectivity index (χ0v) is 9.89. The summed E-state index contributed by atoms with van der Waals surface area (Å²) in [6.07, 6.45) is 0. The zero-order chi connectivity index (χ0) is 7.56. The van der Waals surface area contributed by atoms with E-state index >= 15 is 0 Å². The van der Waals surface area contributed by atoms with Crippen molar-refractivity contribution in [1.82, 2.24) is 0 Å². The van der Waals surface area contributed by atoms with Crippen molar-refractivity contribution in [3.63, 3.8) is 0 Å². The van der Waals surface area contributed by atoms with Crippen LogP contribution in [0.15, 0.2) is 24.3 Å². The summed E-state index contributed by atoms with van der Waals surface area (Å²) in [6.45, 7) is 6.54. The van der Waals surface area contributed by atoms with Crippen molar-refractivity contribution in [1.29, 1.82) is 0 Å². The molecule has 0 amide bonds. The molecule has 0 spiro atoms. The van der Waals surface area contributed by atoms with E-state index in [1.165, 1.54) is 11.1 Å². The Labute approximate surface area is 91.3 Å². The molecule has 0 aromatic heterocycles. The summed E-state index contributed by atoms with van der Waals surface area (Å²) in [5.41, 5.74) is 2.76. The molecule has 0 atom stereocenters. The molecule has 0 aliphatic carbocycles. The Hall–Kier alpha value is 0.220. The van der Waals surface area contributed by atoms with E-state index in [4.69, 9.17) is 0 Å². The fraction of sp³-hybridized carbons (Fsp3) is 0.400. The van der Waals surface area contributed by atoms with Gasteiger partial charge in [-0.3, -0.25) is 0 Å². The maximum Gasteiger partial charge on any atom is 0 e. The number of benzene rings is 1. The molecule has 0 bridgehead atoms. The van der Waals surface area contributed by atoms with Crippen LogP contribution in [0.4, 0.5) is 0 Å². The largest absolute Gasteiger partial charge is 0.0590 e. The summed E-state index contributed by atoms with van der Waals surface area (Å²) < 4.78 is 0. The van der Waals surface area contributed by atoms with Crippen molar-refractivity contribution in [2.75, 3.05) is 0 Å². The number of hydrogen-bond donors (Lipinski definition) is 0. The van der Waals surface area contributed by atoms with Gasteiger partial charge in [-0.25, -0.2) is 0 Å². The van der Waals surface area contributed by atoms with Gasteiger partial charge in [-0.05, 0) is 18.4 Å². The standard InChI is InChI=1S/C10H14.Na/c1-8(2)10-6-4-9(3)5-7-10;/h4-8H,1-3H3;. The monoisotopic (exact) mass is 157 g/mol. The van der Waals surface area contributed by atoms with Crippen molar-refractivity contribution in [2.24, 2.45) is 0 Å². The topological polar surface area (TPSA) is 0 Å². The minimum absolute atomic E-state index is 0. The molecule has 0 unspecified atom stereocenters. The van der Waals surface area contributed by atoms with E-state index in [9.17, 15) is 0 Å². The van der Waals surface area contributed by atoms with Crippen molar-refractivity contribution in [3.8, 4) is 0 Å².